The van der Waals surface area contributed by atoms with E-state index in [1.807, 2.05) is 48.5 Å². The second-order valence-electron chi connectivity index (χ2n) is 9.18. The zero-order chi connectivity index (χ0) is 26.8. The van der Waals surface area contributed by atoms with Crippen molar-refractivity contribution in [2.45, 2.75) is 13.0 Å². The number of hydrogen-bond acceptors (Lipinski definition) is 6. The molecule has 0 spiro atoms. The molecule has 1 aliphatic heterocycles. The number of hydrogen-bond donors (Lipinski definition) is 1. The first-order valence-corrected chi connectivity index (χ1v) is 12.5. The van der Waals surface area contributed by atoms with Crippen LogP contribution in [0.3, 0.4) is 0 Å². The topological polar surface area (TPSA) is 93.5 Å². The van der Waals surface area contributed by atoms with Gasteiger partial charge in [-0.2, -0.15) is 0 Å². The molecule has 0 saturated heterocycles. The second-order valence-corrected chi connectivity index (χ2v) is 9.18. The summed E-state index contributed by atoms with van der Waals surface area (Å²) in [7, 11) is 1.56. The quantitative estimate of drug-likeness (QED) is 0.286. The maximum Gasteiger partial charge on any atom is 0.292 e. The number of halogens is 1. The number of fused-ring (bicyclic) bond motifs is 1. The van der Waals surface area contributed by atoms with Gasteiger partial charge in [0.2, 0.25) is 5.76 Å². The molecule has 0 unspecified atom stereocenters. The Bertz CT molecular complexity index is 1680. The number of aromatic nitrogens is 3. The maximum atomic E-state index is 14.1. The van der Waals surface area contributed by atoms with Crippen LogP contribution in [-0.4, -0.2) is 46.1 Å². The molecule has 4 heterocycles. The number of amides is 1. The van der Waals surface area contributed by atoms with Crippen molar-refractivity contribution >= 4 is 22.5 Å². The normalized spacial score (nSPS) is 13.4. The Kier molecular flexibility index (Phi) is 6.54. The first kappa shape index (κ1) is 24.4. The number of ether oxygens (including phenoxy) is 2. The van der Waals surface area contributed by atoms with Gasteiger partial charge in [-0.15, -0.1) is 0 Å². The van der Waals surface area contributed by atoms with Crippen LogP contribution in [0.25, 0.3) is 27.7 Å². The van der Waals surface area contributed by atoms with Gasteiger partial charge in [0.25, 0.3) is 11.8 Å². The molecular formula is C30H25FN4O4. The Morgan fingerprint density at radius 3 is 2.77 bits per heavy atom. The molecule has 39 heavy (non-hydrogen) atoms. The van der Waals surface area contributed by atoms with E-state index < -0.39 is 0 Å². The molecule has 5 aromatic rings. The predicted octanol–water partition coefficient (Wildman–Crippen LogP) is 5.87. The van der Waals surface area contributed by atoms with Crippen molar-refractivity contribution in [3.8, 4) is 22.8 Å². The number of methoxy groups -OCH3 is 1. The lowest BCUT2D eigenvalue weighted by atomic mass is 10.0. The van der Waals surface area contributed by atoms with Crippen molar-refractivity contribution in [3.05, 3.63) is 102 Å². The number of pyridine rings is 1. The van der Waals surface area contributed by atoms with Crippen LogP contribution in [0.15, 0.2) is 83.5 Å². The third-order valence-electron chi connectivity index (χ3n) is 6.75. The molecule has 0 bridgehead atoms. The summed E-state index contributed by atoms with van der Waals surface area (Å²) in [6.07, 6.45) is 4.34. The van der Waals surface area contributed by atoms with Gasteiger partial charge in [0.05, 0.1) is 13.2 Å². The van der Waals surface area contributed by atoms with E-state index in [2.05, 4.69) is 15.1 Å². The summed E-state index contributed by atoms with van der Waals surface area (Å²) in [6.45, 7) is 1.27. The van der Waals surface area contributed by atoms with Crippen LogP contribution in [0.1, 0.15) is 28.2 Å². The van der Waals surface area contributed by atoms with Crippen LogP contribution in [0.2, 0.25) is 0 Å². The highest BCUT2D eigenvalue weighted by Gasteiger charge is 2.24. The predicted molar refractivity (Wildman–Crippen MR) is 144 cm³/mol. The van der Waals surface area contributed by atoms with Crippen LogP contribution in [0.5, 0.6) is 11.6 Å². The highest BCUT2D eigenvalue weighted by Crippen LogP contribution is 2.36. The van der Waals surface area contributed by atoms with E-state index in [0.717, 1.165) is 27.8 Å². The summed E-state index contributed by atoms with van der Waals surface area (Å²) in [5, 5.41) is 4.74. The molecule has 6 rings (SSSR count). The number of carbonyl (C=O) groups excluding carboxylic acids is 1. The second kappa shape index (κ2) is 10.4. The fourth-order valence-corrected chi connectivity index (χ4v) is 4.74. The van der Waals surface area contributed by atoms with E-state index in [0.29, 0.717) is 43.1 Å². The Morgan fingerprint density at radius 1 is 1.10 bits per heavy atom. The van der Waals surface area contributed by atoms with Crippen LogP contribution in [0, 0.1) is 5.82 Å². The number of benzene rings is 2. The molecule has 8 nitrogen and oxygen atoms in total. The van der Waals surface area contributed by atoms with Gasteiger partial charge in [-0.1, -0.05) is 36.4 Å². The van der Waals surface area contributed by atoms with E-state index in [4.69, 9.17) is 14.0 Å². The van der Waals surface area contributed by atoms with Gasteiger partial charge in [0.1, 0.15) is 23.8 Å². The molecule has 0 aliphatic carbocycles. The summed E-state index contributed by atoms with van der Waals surface area (Å²) in [6, 6.07) is 19.5. The molecule has 1 aliphatic rings. The zero-order valence-corrected chi connectivity index (χ0v) is 21.2. The Hall–Kier alpha value is -4.92. The number of rotatable bonds is 7. The largest absolute Gasteiger partial charge is 0.496 e. The molecule has 0 atom stereocenters. The first-order chi connectivity index (χ1) is 19.1. The molecular weight excluding hydrogens is 499 g/mol. The monoisotopic (exact) mass is 524 g/mol. The lowest BCUT2D eigenvalue weighted by molar-refractivity contribution is 0.0730. The summed E-state index contributed by atoms with van der Waals surface area (Å²) in [4.78, 5) is 22.6. The molecule has 2 aromatic carbocycles. The van der Waals surface area contributed by atoms with Crippen LogP contribution in [0.4, 0.5) is 4.39 Å². The minimum atomic E-state index is -0.340. The fraction of sp³-hybridized carbons (Fsp3) is 0.167. The summed E-state index contributed by atoms with van der Waals surface area (Å²) >= 11 is 0. The van der Waals surface area contributed by atoms with E-state index in [1.165, 1.54) is 18.2 Å². The van der Waals surface area contributed by atoms with Crippen molar-refractivity contribution in [3.63, 3.8) is 0 Å². The summed E-state index contributed by atoms with van der Waals surface area (Å²) in [5.41, 5.74) is 5.14. The minimum absolute atomic E-state index is 0.137. The molecule has 1 N–H and O–H groups in total. The maximum absolute atomic E-state index is 14.1. The highest BCUT2D eigenvalue weighted by molar-refractivity contribution is 5.97. The molecule has 0 saturated carbocycles. The highest BCUT2D eigenvalue weighted by atomic mass is 19.1. The molecule has 9 heteroatoms. The first-order valence-electron chi connectivity index (χ1n) is 12.5. The van der Waals surface area contributed by atoms with Crippen LogP contribution in [-0.2, 0) is 6.61 Å². The average Bonchev–Trinajstić information content (AvgIpc) is 3.64. The Labute approximate surface area is 223 Å². The smallest absolute Gasteiger partial charge is 0.292 e. The third-order valence-corrected chi connectivity index (χ3v) is 6.75. The van der Waals surface area contributed by atoms with Crippen molar-refractivity contribution in [1.29, 1.82) is 0 Å². The van der Waals surface area contributed by atoms with Crippen molar-refractivity contribution in [2.24, 2.45) is 0 Å². The average molecular weight is 525 g/mol. The summed E-state index contributed by atoms with van der Waals surface area (Å²) in [5.74, 6) is 0.406. The van der Waals surface area contributed by atoms with Gasteiger partial charge < -0.3 is 23.9 Å². The number of H-pyrrole nitrogens is 1. The molecule has 3 aromatic heterocycles. The summed E-state index contributed by atoms with van der Waals surface area (Å²) < 4.78 is 30.4. The number of aromatic amines is 1. The van der Waals surface area contributed by atoms with Crippen LogP contribution >= 0.6 is 0 Å². The van der Waals surface area contributed by atoms with E-state index in [9.17, 15) is 9.18 Å². The SMILES string of the molecule is COc1ccc(F)cc1-c1ccnc2[nH]c(C3=CCN(C(=O)c4cc(OCc5ccccc5)no4)CC3)cc12. The number of carbonyl (C=O) groups is 1. The van der Waals surface area contributed by atoms with Gasteiger partial charge >= 0.3 is 0 Å². The lowest BCUT2D eigenvalue weighted by Crippen LogP contribution is -2.34. The number of nitrogens with one attached hydrogen (secondary N) is 1. The molecule has 0 fully saturated rings. The standard InChI is InChI=1S/C30H25FN4O4/c1-37-26-8-7-21(31)15-23(26)22-9-12-32-29-24(22)16-25(33-29)20-10-13-35(14-11-20)30(36)27-17-28(34-39-27)38-18-19-5-3-2-4-6-19/h2-10,12,15-17H,11,13-14,18H2,1H3,(H,32,33). The van der Waals surface area contributed by atoms with Crippen LogP contribution < -0.4 is 9.47 Å². The Morgan fingerprint density at radius 2 is 1.97 bits per heavy atom. The van der Waals surface area contributed by atoms with E-state index >= 15 is 0 Å². The molecule has 1 amide bonds. The van der Waals surface area contributed by atoms with E-state index in [-0.39, 0.29) is 23.4 Å². The van der Waals surface area contributed by atoms with Gasteiger partial charge in [-0.25, -0.2) is 9.37 Å². The molecule has 0 radical (unpaired) electrons. The lowest BCUT2D eigenvalue weighted by Gasteiger charge is -2.25. The van der Waals surface area contributed by atoms with Crippen molar-refractivity contribution < 1.29 is 23.2 Å². The van der Waals surface area contributed by atoms with Gasteiger partial charge in [0, 0.05) is 35.9 Å². The van der Waals surface area contributed by atoms with Crippen molar-refractivity contribution in [1.82, 2.24) is 20.0 Å². The van der Waals surface area contributed by atoms with Gasteiger partial charge in [0.15, 0.2) is 0 Å². The molecule has 196 valence electrons. The number of nitrogens with zero attached hydrogens (tertiary/aromatic N) is 3. The zero-order valence-electron chi connectivity index (χ0n) is 21.2. The fourth-order valence-electron chi connectivity index (χ4n) is 4.74. The van der Waals surface area contributed by atoms with E-state index in [1.54, 1.807) is 24.3 Å². The van der Waals surface area contributed by atoms with Crippen molar-refractivity contribution in [2.75, 3.05) is 20.2 Å². The Balaban J connectivity index is 1.17. The minimum Gasteiger partial charge on any atom is -0.496 e. The van der Waals surface area contributed by atoms with Gasteiger partial charge in [-0.05, 0) is 58.6 Å². The third kappa shape index (κ3) is 4.98. The van der Waals surface area contributed by atoms with Gasteiger partial charge in [-0.3, -0.25) is 4.79 Å².